The minimum Gasteiger partial charge on any atom is -0.494 e. The molecule has 0 aliphatic heterocycles. The number of benzene rings is 1. The highest BCUT2D eigenvalue weighted by atomic mass is 16.5. The van der Waals surface area contributed by atoms with Crippen molar-refractivity contribution in [1.82, 2.24) is 5.32 Å². The zero-order valence-electron chi connectivity index (χ0n) is 13.6. The second-order valence-electron chi connectivity index (χ2n) is 6.19. The van der Waals surface area contributed by atoms with E-state index in [1.807, 2.05) is 19.1 Å². The molecule has 4 nitrogen and oxygen atoms in total. The van der Waals surface area contributed by atoms with E-state index in [-0.39, 0.29) is 11.4 Å². The van der Waals surface area contributed by atoms with Gasteiger partial charge in [0.15, 0.2) is 0 Å². The van der Waals surface area contributed by atoms with E-state index in [2.05, 4.69) is 26.1 Å². The Morgan fingerprint density at radius 1 is 1.43 bits per heavy atom. The molecule has 1 amide bonds. The number of carbonyl (C=O) groups is 1. The predicted molar refractivity (Wildman–Crippen MR) is 86.6 cm³/mol. The Labute approximate surface area is 128 Å². The number of carbonyl (C=O) groups excluding carboxylic acids is 1. The summed E-state index contributed by atoms with van der Waals surface area (Å²) in [6.07, 6.45) is 1.79. The largest absolute Gasteiger partial charge is 0.494 e. The van der Waals surface area contributed by atoms with Crippen molar-refractivity contribution >= 4 is 5.91 Å². The van der Waals surface area contributed by atoms with E-state index in [1.165, 1.54) is 0 Å². The molecule has 0 bridgehead atoms. The summed E-state index contributed by atoms with van der Waals surface area (Å²) in [7, 11) is 0. The maximum Gasteiger partial charge on any atom is 0.251 e. The van der Waals surface area contributed by atoms with Gasteiger partial charge in [-0.25, -0.2) is 0 Å². The monoisotopic (exact) mass is 292 g/mol. The van der Waals surface area contributed by atoms with Crippen LogP contribution >= 0.6 is 0 Å². The van der Waals surface area contributed by atoms with Crippen LogP contribution in [-0.2, 0) is 0 Å². The topological polar surface area (TPSA) is 64.3 Å². The number of rotatable bonds is 8. The molecule has 1 atom stereocenters. The Morgan fingerprint density at radius 3 is 2.71 bits per heavy atom. The lowest BCUT2D eigenvalue weighted by Crippen LogP contribution is -2.52. The van der Waals surface area contributed by atoms with Gasteiger partial charge in [0.1, 0.15) is 5.75 Å². The van der Waals surface area contributed by atoms with Crippen molar-refractivity contribution in [2.75, 3.05) is 13.2 Å². The minimum absolute atomic E-state index is 0.106. The summed E-state index contributed by atoms with van der Waals surface area (Å²) in [5, 5.41) is 3.05. The Morgan fingerprint density at radius 2 is 2.14 bits per heavy atom. The van der Waals surface area contributed by atoms with Crippen molar-refractivity contribution in [3.05, 3.63) is 29.8 Å². The molecule has 0 aliphatic carbocycles. The Balaban J connectivity index is 2.78. The number of nitrogens with one attached hydrogen (secondary N) is 1. The van der Waals surface area contributed by atoms with Crippen LogP contribution < -0.4 is 15.8 Å². The first-order valence-corrected chi connectivity index (χ1v) is 7.65. The lowest BCUT2D eigenvalue weighted by Gasteiger charge is -2.31. The van der Waals surface area contributed by atoms with Crippen molar-refractivity contribution in [3.8, 4) is 5.75 Å². The lowest BCUT2D eigenvalue weighted by molar-refractivity contribution is 0.0898. The summed E-state index contributed by atoms with van der Waals surface area (Å²) >= 11 is 0. The molecule has 1 unspecified atom stereocenters. The first-order chi connectivity index (χ1) is 9.90. The van der Waals surface area contributed by atoms with Gasteiger partial charge in [-0.15, -0.1) is 0 Å². The normalized spacial score (nSPS) is 13.8. The van der Waals surface area contributed by atoms with Gasteiger partial charge in [-0.05, 0) is 43.9 Å². The van der Waals surface area contributed by atoms with E-state index in [4.69, 9.17) is 10.5 Å². The molecule has 0 aromatic heterocycles. The Kier molecular flexibility index (Phi) is 6.69. The predicted octanol–water partition coefficient (Wildman–Crippen LogP) is 2.97. The quantitative estimate of drug-likeness (QED) is 0.774. The molecule has 0 spiro atoms. The van der Waals surface area contributed by atoms with Crippen LogP contribution in [0.25, 0.3) is 0 Å². The molecule has 0 saturated heterocycles. The van der Waals surface area contributed by atoms with Crippen molar-refractivity contribution in [3.63, 3.8) is 0 Å². The van der Waals surface area contributed by atoms with Crippen molar-refractivity contribution < 1.29 is 9.53 Å². The van der Waals surface area contributed by atoms with Crippen LogP contribution in [0.1, 0.15) is 50.9 Å². The highest BCUT2D eigenvalue weighted by Crippen LogP contribution is 2.18. The number of nitrogens with two attached hydrogens (primary N) is 1. The molecule has 0 radical (unpaired) electrons. The summed E-state index contributed by atoms with van der Waals surface area (Å²) in [6.45, 7) is 9.36. The molecule has 1 aromatic rings. The molecule has 0 saturated carbocycles. The average molecular weight is 292 g/mol. The number of amides is 1. The third kappa shape index (κ3) is 5.76. The minimum atomic E-state index is -0.383. The maximum atomic E-state index is 12.4. The van der Waals surface area contributed by atoms with E-state index in [1.54, 1.807) is 12.1 Å². The highest BCUT2D eigenvalue weighted by Gasteiger charge is 2.26. The summed E-state index contributed by atoms with van der Waals surface area (Å²) in [4.78, 5) is 12.4. The van der Waals surface area contributed by atoms with Crippen LogP contribution in [0.2, 0.25) is 0 Å². The Hall–Kier alpha value is -1.55. The smallest absolute Gasteiger partial charge is 0.251 e. The molecular formula is C17H28N2O2. The van der Waals surface area contributed by atoms with Gasteiger partial charge in [0, 0.05) is 17.6 Å². The first-order valence-electron chi connectivity index (χ1n) is 7.65. The number of hydrogen-bond acceptors (Lipinski definition) is 3. The van der Waals surface area contributed by atoms with Crippen LogP contribution in [0.15, 0.2) is 24.3 Å². The second-order valence-corrected chi connectivity index (χ2v) is 6.19. The van der Waals surface area contributed by atoms with Gasteiger partial charge in [0.25, 0.3) is 5.91 Å². The van der Waals surface area contributed by atoms with Gasteiger partial charge < -0.3 is 15.8 Å². The van der Waals surface area contributed by atoms with Crippen LogP contribution in [0.4, 0.5) is 0 Å². The van der Waals surface area contributed by atoms with Gasteiger partial charge in [-0.1, -0.05) is 26.8 Å². The number of hydrogen-bond donors (Lipinski definition) is 2. The fraction of sp³-hybridized carbons (Fsp3) is 0.588. The Bertz CT molecular complexity index is 460. The molecule has 0 aliphatic rings. The summed E-state index contributed by atoms with van der Waals surface area (Å²) < 4.78 is 5.56. The van der Waals surface area contributed by atoms with Crippen LogP contribution in [0.3, 0.4) is 0 Å². The summed E-state index contributed by atoms with van der Waals surface area (Å²) in [5.74, 6) is 1.09. The van der Waals surface area contributed by atoms with Gasteiger partial charge >= 0.3 is 0 Å². The fourth-order valence-corrected chi connectivity index (χ4v) is 2.38. The standard InChI is InChI=1S/C17H28N2O2/c1-5-9-21-15-8-6-7-14(10-15)16(20)19-17(4,12-18)11-13(2)3/h6-8,10,13H,5,9,11-12,18H2,1-4H3,(H,19,20). The zero-order valence-corrected chi connectivity index (χ0v) is 13.6. The third-order valence-corrected chi connectivity index (χ3v) is 3.29. The van der Waals surface area contributed by atoms with E-state index in [0.717, 1.165) is 18.6 Å². The van der Waals surface area contributed by atoms with Crippen molar-refractivity contribution in [2.24, 2.45) is 11.7 Å². The van der Waals surface area contributed by atoms with Gasteiger partial charge in [0.05, 0.1) is 6.61 Å². The fourth-order valence-electron chi connectivity index (χ4n) is 2.38. The summed E-state index contributed by atoms with van der Waals surface area (Å²) in [6, 6.07) is 7.27. The SMILES string of the molecule is CCCOc1cccc(C(=O)NC(C)(CN)CC(C)C)c1. The average Bonchev–Trinajstić information content (AvgIpc) is 2.44. The molecule has 1 rings (SSSR count). The van der Waals surface area contributed by atoms with Crippen molar-refractivity contribution in [1.29, 1.82) is 0 Å². The second kappa shape index (κ2) is 8.03. The van der Waals surface area contributed by atoms with E-state index >= 15 is 0 Å². The molecule has 1 aromatic carbocycles. The van der Waals surface area contributed by atoms with Crippen LogP contribution in [-0.4, -0.2) is 24.6 Å². The molecule has 118 valence electrons. The van der Waals surface area contributed by atoms with Gasteiger partial charge in [-0.3, -0.25) is 4.79 Å². The molecule has 3 N–H and O–H groups in total. The molecule has 0 fully saturated rings. The number of ether oxygens (including phenoxy) is 1. The molecular weight excluding hydrogens is 264 g/mol. The van der Waals surface area contributed by atoms with Crippen LogP contribution in [0, 0.1) is 5.92 Å². The maximum absolute atomic E-state index is 12.4. The van der Waals surface area contributed by atoms with E-state index < -0.39 is 0 Å². The summed E-state index contributed by atoms with van der Waals surface area (Å²) in [5.41, 5.74) is 6.06. The van der Waals surface area contributed by atoms with Gasteiger partial charge in [0.2, 0.25) is 0 Å². The highest BCUT2D eigenvalue weighted by molar-refractivity contribution is 5.95. The first kappa shape index (κ1) is 17.5. The van der Waals surface area contributed by atoms with E-state index in [0.29, 0.717) is 24.6 Å². The van der Waals surface area contributed by atoms with E-state index in [9.17, 15) is 4.79 Å². The molecule has 0 heterocycles. The zero-order chi connectivity index (χ0) is 15.9. The van der Waals surface area contributed by atoms with Crippen LogP contribution in [0.5, 0.6) is 5.75 Å². The lowest BCUT2D eigenvalue weighted by atomic mass is 9.90. The third-order valence-electron chi connectivity index (χ3n) is 3.29. The van der Waals surface area contributed by atoms with Gasteiger partial charge in [-0.2, -0.15) is 0 Å². The van der Waals surface area contributed by atoms with Crippen molar-refractivity contribution in [2.45, 2.75) is 46.1 Å². The molecule has 4 heteroatoms. The molecule has 21 heavy (non-hydrogen) atoms.